The minimum Gasteiger partial charge on any atom is -0.497 e. The first kappa shape index (κ1) is 24.1. The second-order valence-corrected chi connectivity index (χ2v) is 7.05. The van der Waals surface area contributed by atoms with Crippen LogP contribution in [0.3, 0.4) is 0 Å². The van der Waals surface area contributed by atoms with Crippen molar-refractivity contribution in [2.24, 2.45) is 0 Å². The van der Waals surface area contributed by atoms with Gasteiger partial charge in [-0.15, -0.1) is 0 Å². The van der Waals surface area contributed by atoms with Gasteiger partial charge < -0.3 is 24.4 Å². The number of rotatable bonds is 12. The lowest BCUT2D eigenvalue weighted by Gasteiger charge is -2.30. The number of hydrogen-bond donors (Lipinski definition) is 1. The van der Waals surface area contributed by atoms with E-state index in [-0.39, 0.29) is 18.4 Å². The maximum Gasteiger partial charge on any atom is 0.261 e. The van der Waals surface area contributed by atoms with Crippen molar-refractivity contribution in [3.63, 3.8) is 0 Å². The molecule has 7 heteroatoms. The minimum atomic E-state index is -0.583. The van der Waals surface area contributed by atoms with Crippen LogP contribution >= 0.6 is 0 Å². The molecule has 0 aliphatic carbocycles. The molecule has 0 saturated carbocycles. The summed E-state index contributed by atoms with van der Waals surface area (Å²) < 4.78 is 16.0. The van der Waals surface area contributed by atoms with E-state index in [2.05, 4.69) is 5.32 Å². The fourth-order valence-corrected chi connectivity index (χ4v) is 3.11. The van der Waals surface area contributed by atoms with Gasteiger partial charge in [0, 0.05) is 13.1 Å². The topological polar surface area (TPSA) is 77.1 Å². The van der Waals surface area contributed by atoms with Gasteiger partial charge in [0.15, 0.2) is 6.61 Å². The maximum absolute atomic E-state index is 13.1. The highest BCUT2D eigenvalue weighted by Crippen LogP contribution is 2.19. The summed E-state index contributed by atoms with van der Waals surface area (Å²) >= 11 is 0. The number of carbonyl (C=O) groups is 2. The molecular formula is C24H32N2O5. The molecule has 1 atom stereocenters. The van der Waals surface area contributed by atoms with Crippen molar-refractivity contribution in [1.82, 2.24) is 10.2 Å². The molecule has 2 amide bonds. The molecule has 2 aromatic rings. The quantitative estimate of drug-likeness (QED) is 0.561. The fourth-order valence-electron chi connectivity index (χ4n) is 3.11. The molecule has 31 heavy (non-hydrogen) atoms. The third-order valence-corrected chi connectivity index (χ3v) is 4.87. The Balaban J connectivity index is 2.16. The summed E-state index contributed by atoms with van der Waals surface area (Å²) in [6.45, 7) is 4.59. The van der Waals surface area contributed by atoms with Gasteiger partial charge >= 0.3 is 0 Å². The first-order valence-corrected chi connectivity index (χ1v) is 10.5. The van der Waals surface area contributed by atoms with Gasteiger partial charge in [-0.3, -0.25) is 9.59 Å². The maximum atomic E-state index is 13.1. The van der Waals surface area contributed by atoms with Crippen molar-refractivity contribution in [3.8, 4) is 17.2 Å². The molecule has 0 aromatic heterocycles. The highest BCUT2D eigenvalue weighted by molar-refractivity contribution is 5.88. The van der Waals surface area contributed by atoms with Crippen LogP contribution in [0.4, 0.5) is 0 Å². The largest absolute Gasteiger partial charge is 0.497 e. The Hall–Kier alpha value is -3.22. The molecule has 0 fully saturated rings. The van der Waals surface area contributed by atoms with Crippen LogP contribution in [0.25, 0.3) is 0 Å². The molecular weight excluding hydrogens is 396 g/mol. The predicted molar refractivity (Wildman–Crippen MR) is 119 cm³/mol. The summed E-state index contributed by atoms with van der Waals surface area (Å²) in [5, 5.41) is 2.90. The van der Waals surface area contributed by atoms with Crippen LogP contribution in [-0.4, -0.2) is 50.1 Å². The van der Waals surface area contributed by atoms with E-state index in [9.17, 15) is 9.59 Å². The molecule has 2 rings (SSSR count). The SMILES string of the molecule is CCCNC(=O)[C@H](CC)N(Cc1ccc(OC)cc1)C(=O)COc1ccc(OC)cc1. The lowest BCUT2D eigenvalue weighted by Crippen LogP contribution is -2.50. The average molecular weight is 429 g/mol. The number of methoxy groups -OCH3 is 2. The van der Waals surface area contributed by atoms with E-state index >= 15 is 0 Å². The highest BCUT2D eigenvalue weighted by Gasteiger charge is 2.28. The number of nitrogens with zero attached hydrogens (tertiary/aromatic N) is 1. The molecule has 0 aliphatic rings. The van der Waals surface area contributed by atoms with E-state index in [0.717, 1.165) is 17.7 Å². The van der Waals surface area contributed by atoms with Gasteiger partial charge in [0.25, 0.3) is 5.91 Å². The smallest absolute Gasteiger partial charge is 0.261 e. The summed E-state index contributed by atoms with van der Waals surface area (Å²) in [5.74, 6) is 1.58. The Bertz CT molecular complexity index is 821. The van der Waals surface area contributed by atoms with Crippen LogP contribution in [0.2, 0.25) is 0 Å². The molecule has 0 radical (unpaired) electrons. The minimum absolute atomic E-state index is 0.157. The molecule has 0 saturated heterocycles. The van der Waals surface area contributed by atoms with Gasteiger partial charge in [-0.1, -0.05) is 26.0 Å². The van der Waals surface area contributed by atoms with Gasteiger partial charge in [-0.05, 0) is 54.8 Å². The zero-order chi connectivity index (χ0) is 22.6. The van der Waals surface area contributed by atoms with Gasteiger partial charge in [0.05, 0.1) is 14.2 Å². The molecule has 0 unspecified atom stereocenters. The standard InChI is InChI=1S/C24H32N2O5/c1-5-15-25-24(28)22(6-2)26(16-18-7-9-19(29-3)10-8-18)23(27)17-31-21-13-11-20(30-4)12-14-21/h7-14,22H,5-6,15-17H2,1-4H3,(H,25,28)/t22-/m0/s1. The number of benzene rings is 2. The molecule has 0 spiro atoms. The van der Waals surface area contributed by atoms with Crippen LogP contribution in [0.1, 0.15) is 32.3 Å². The Morgan fingerprint density at radius 2 is 1.45 bits per heavy atom. The molecule has 2 aromatic carbocycles. The van der Waals surface area contributed by atoms with Crippen LogP contribution < -0.4 is 19.5 Å². The van der Waals surface area contributed by atoms with Crippen molar-refractivity contribution in [3.05, 3.63) is 54.1 Å². The van der Waals surface area contributed by atoms with E-state index in [1.54, 1.807) is 43.4 Å². The van der Waals surface area contributed by atoms with Crippen molar-refractivity contribution >= 4 is 11.8 Å². The summed E-state index contributed by atoms with van der Waals surface area (Å²) in [6.07, 6.45) is 1.33. The van der Waals surface area contributed by atoms with E-state index in [0.29, 0.717) is 31.0 Å². The number of carbonyl (C=O) groups excluding carboxylic acids is 2. The third-order valence-electron chi connectivity index (χ3n) is 4.87. The van der Waals surface area contributed by atoms with Crippen LogP contribution in [0.5, 0.6) is 17.2 Å². The lowest BCUT2D eigenvalue weighted by molar-refractivity contribution is -0.143. The predicted octanol–water partition coefficient (Wildman–Crippen LogP) is 3.42. The van der Waals surface area contributed by atoms with Gasteiger partial charge in [-0.25, -0.2) is 0 Å². The number of amides is 2. The second-order valence-electron chi connectivity index (χ2n) is 7.05. The molecule has 0 heterocycles. The second kappa shape index (κ2) is 12.5. The summed E-state index contributed by atoms with van der Waals surface area (Å²) in [7, 11) is 3.19. The van der Waals surface area contributed by atoms with Gasteiger partial charge in [-0.2, -0.15) is 0 Å². The Morgan fingerprint density at radius 3 is 1.97 bits per heavy atom. The monoisotopic (exact) mass is 428 g/mol. The van der Waals surface area contributed by atoms with Crippen molar-refractivity contribution in [1.29, 1.82) is 0 Å². The van der Waals surface area contributed by atoms with E-state index in [1.165, 1.54) is 0 Å². The molecule has 168 valence electrons. The Kier molecular flexibility index (Phi) is 9.68. The van der Waals surface area contributed by atoms with Crippen LogP contribution in [-0.2, 0) is 16.1 Å². The normalized spacial score (nSPS) is 11.4. The molecule has 7 nitrogen and oxygen atoms in total. The van der Waals surface area contributed by atoms with Crippen molar-refractivity contribution < 1.29 is 23.8 Å². The summed E-state index contributed by atoms with van der Waals surface area (Å²) in [4.78, 5) is 27.4. The molecule has 1 N–H and O–H groups in total. The summed E-state index contributed by atoms with van der Waals surface area (Å²) in [6, 6.07) is 13.9. The van der Waals surface area contributed by atoms with E-state index in [1.807, 2.05) is 38.1 Å². The Labute approximate surface area is 184 Å². The molecule has 0 bridgehead atoms. The fraction of sp³-hybridized carbons (Fsp3) is 0.417. The Morgan fingerprint density at radius 1 is 0.903 bits per heavy atom. The van der Waals surface area contributed by atoms with Crippen molar-refractivity contribution in [2.75, 3.05) is 27.4 Å². The van der Waals surface area contributed by atoms with Crippen LogP contribution in [0, 0.1) is 0 Å². The van der Waals surface area contributed by atoms with Gasteiger partial charge in [0.1, 0.15) is 23.3 Å². The zero-order valence-electron chi connectivity index (χ0n) is 18.7. The lowest BCUT2D eigenvalue weighted by atomic mass is 10.1. The van der Waals surface area contributed by atoms with Crippen LogP contribution in [0.15, 0.2) is 48.5 Å². The number of ether oxygens (including phenoxy) is 3. The third kappa shape index (κ3) is 7.20. The zero-order valence-corrected chi connectivity index (χ0v) is 18.7. The van der Waals surface area contributed by atoms with E-state index in [4.69, 9.17) is 14.2 Å². The average Bonchev–Trinajstić information content (AvgIpc) is 2.81. The first-order chi connectivity index (χ1) is 15.0. The molecule has 0 aliphatic heterocycles. The number of nitrogens with one attached hydrogen (secondary N) is 1. The number of hydrogen-bond acceptors (Lipinski definition) is 5. The summed E-state index contributed by atoms with van der Waals surface area (Å²) in [5.41, 5.74) is 0.903. The van der Waals surface area contributed by atoms with Crippen molar-refractivity contribution in [2.45, 2.75) is 39.3 Å². The highest BCUT2D eigenvalue weighted by atomic mass is 16.5. The van der Waals surface area contributed by atoms with Gasteiger partial charge in [0.2, 0.25) is 5.91 Å². The first-order valence-electron chi connectivity index (χ1n) is 10.5. The van der Waals surface area contributed by atoms with E-state index < -0.39 is 6.04 Å².